The maximum absolute atomic E-state index is 10.2. The Bertz CT molecular complexity index is 62.4. The van der Waals surface area contributed by atoms with Gasteiger partial charge in [-0.25, -0.2) is 4.79 Å². The average Bonchev–Trinajstić information content (AvgIpc) is 1.68. The Hall–Kier alpha value is -0.610. The van der Waals surface area contributed by atoms with Gasteiger partial charge in [0, 0.05) is 7.11 Å². The summed E-state index contributed by atoms with van der Waals surface area (Å²) in [7, 11) is 2.66. The molecule has 0 spiro atoms. The topological polar surface area (TPSA) is 44.8 Å². The van der Waals surface area contributed by atoms with Crippen molar-refractivity contribution < 1.29 is 19.3 Å². The Labute approximate surface area is 47.3 Å². The molecule has 0 N–H and O–H groups in total. The molecule has 0 amide bonds. The molecule has 0 saturated heterocycles. The molecule has 0 atom stereocenters. The molecule has 0 rings (SSSR count). The second-order valence-electron chi connectivity index (χ2n) is 1.06. The van der Waals surface area contributed by atoms with Crippen molar-refractivity contribution in [2.45, 2.75) is 0 Å². The number of methoxy groups -OCH3 is 1. The van der Waals surface area contributed by atoms with Gasteiger partial charge in [0.05, 0.1) is 7.11 Å². The van der Waals surface area contributed by atoms with Crippen LogP contribution in [0.15, 0.2) is 0 Å². The molecule has 0 aromatic heterocycles. The van der Waals surface area contributed by atoms with Crippen molar-refractivity contribution in [2.24, 2.45) is 0 Å². The maximum Gasteiger partial charge on any atom is 0.367 e. The van der Waals surface area contributed by atoms with Gasteiger partial charge in [-0.1, -0.05) is 0 Å². The molecule has 0 bridgehead atoms. The number of hydrogen-bond donors (Lipinski definition) is 0. The van der Waals surface area contributed by atoms with Crippen LogP contribution in [-0.2, 0) is 19.3 Å². The fourth-order valence-electron chi connectivity index (χ4n) is 0.235. The lowest BCUT2D eigenvalue weighted by atomic mass is 10.8. The van der Waals surface area contributed by atoms with E-state index in [1.807, 2.05) is 0 Å². The van der Waals surface area contributed by atoms with Crippen molar-refractivity contribution in [1.29, 1.82) is 0 Å². The summed E-state index contributed by atoms with van der Waals surface area (Å²) in [6.45, 7) is -0.0756. The molecule has 0 unspecified atom stereocenters. The second kappa shape index (κ2) is 4.55. The Morgan fingerprint density at radius 1 is 1.50 bits per heavy atom. The quantitative estimate of drug-likeness (QED) is 0.380. The van der Waals surface area contributed by atoms with E-state index in [9.17, 15) is 4.79 Å². The lowest BCUT2D eigenvalue weighted by molar-refractivity contribution is -0.257. The van der Waals surface area contributed by atoms with Gasteiger partial charge in [-0.15, -0.1) is 0 Å². The summed E-state index contributed by atoms with van der Waals surface area (Å²) in [5, 5.41) is 0. The SMILES string of the molecule is COCC(=O)OOC. The molecule has 0 heterocycles. The van der Waals surface area contributed by atoms with Gasteiger partial charge in [0.15, 0.2) is 0 Å². The highest BCUT2D eigenvalue weighted by Gasteiger charge is 1.98. The zero-order valence-corrected chi connectivity index (χ0v) is 4.84. The van der Waals surface area contributed by atoms with E-state index in [1.54, 1.807) is 0 Å². The van der Waals surface area contributed by atoms with Gasteiger partial charge in [-0.2, -0.15) is 4.89 Å². The Kier molecular flexibility index (Phi) is 4.20. The van der Waals surface area contributed by atoms with Crippen LogP contribution in [-0.4, -0.2) is 26.8 Å². The zero-order valence-electron chi connectivity index (χ0n) is 4.84. The lowest BCUT2D eigenvalue weighted by Gasteiger charge is -1.95. The third kappa shape index (κ3) is 3.58. The van der Waals surface area contributed by atoms with Crippen molar-refractivity contribution in [2.75, 3.05) is 20.8 Å². The molecule has 4 nitrogen and oxygen atoms in total. The largest absolute Gasteiger partial charge is 0.373 e. The Morgan fingerprint density at radius 2 is 2.12 bits per heavy atom. The van der Waals surface area contributed by atoms with Crippen molar-refractivity contribution >= 4 is 5.97 Å². The van der Waals surface area contributed by atoms with Gasteiger partial charge in [-0.05, 0) is 0 Å². The molecule has 0 aliphatic heterocycles. The first kappa shape index (κ1) is 7.39. The van der Waals surface area contributed by atoms with E-state index < -0.39 is 5.97 Å². The summed E-state index contributed by atoms with van der Waals surface area (Å²) in [4.78, 5) is 18.2. The van der Waals surface area contributed by atoms with Crippen LogP contribution in [0.1, 0.15) is 0 Å². The molecule has 0 aromatic rings. The highest BCUT2D eigenvalue weighted by molar-refractivity contribution is 5.69. The first-order valence-electron chi connectivity index (χ1n) is 2.03. The molecule has 0 aromatic carbocycles. The van der Waals surface area contributed by atoms with E-state index in [0.29, 0.717) is 0 Å². The summed E-state index contributed by atoms with van der Waals surface area (Å²) in [5.74, 6) is -0.532. The van der Waals surface area contributed by atoms with Crippen LogP contribution in [0.4, 0.5) is 0 Å². The van der Waals surface area contributed by atoms with Crippen LogP contribution >= 0.6 is 0 Å². The van der Waals surface area contributed by atoms with Crippen LogP contribution in [0, 0.1) is 0 Å². The smallest absolute Gasteiger partial charge is 0.367 e. The Morgan fingerprint density at radius 3 is 2.50 bits per heavy atom. The van der Waals surface area contributed by atoms with Gasteiger partial charge in [0.25, 0.3) is 0 Å². The van der Waals surface area contributed by atoms with Crippen LogP contribution in [0.3, 0.4) is 0 Å². The van der Waals surface area contributed by atoms with Crippen LogP contribution in [0.5, 0.6) is 0 Å². The summed E-state index contributed by atoms with van der Waals surface area (Å²) < 4.78 is 4.40. The first-order valence-corrected chi connectivity index (χ1v) is 2.03. The monoisotopic (exact) mass is 120 g/mol. The number of rotatable bonds is 3. The Balaban J connectivity index is 3.06. The van der Waals surface area contributed by atoms with Crippen molar-refractivity contribution in [3.63, 3.8) is 0 Å². The van der Waals surface area contributed by atoms with Crippen molar-refractivity contribution in [3.05, 3.63) is 0 Å². The van der Waals surface area contributed by atoms with Crippen LogP contribution in [0.25, 0.3) is 0 Å². The minimum absolute atomic E-state index is 0.0756. The van der Waals surface area contributed by atoms with Gasteiger partial charge >= 0.3 is 5.97 Å². The highest BCUT2D eigenvalue weighted by Crippen LogP contribution is 1.76. The van der Waals surface area contributed by atoms with Crippen LogP contribution < -0.4 is 0 Å². The second-order valence-corrected chi connectivity index (χ2v) is 1.06. The van der Waals surface area contributed by atoms with Gasteiger partial charge in [-0.3, -0.25) is 4.89 Å². The van der Waals surface area contributed by atoms with E-state index in [-0.39, 0.29) is 6.61 Å². The predicted octanol–water partition coefficient (Wildman–Crippen LogP) is -0.263. The first-order chi connectivity index (χ1) is 3.81. The van der Waals surface area contributed by atoms with Crippen LogP contribution in [0.2, 0.25) is 0 Å². The number of hydrogen-bond acceptors (Lipinski definition) is 4. The average molecular weight is 120 g/mol. The van der Waals surface area contributed by atoms with Gasteiger partial charge in [0.2, 0.25) is 0 Å². The van der Waals surface area contributed by atoms with Gasteiger partial charge in [0.1, 0.15) is 6.61 Å². The predicted molar refractivity (Wildman–Crippen MR) is 25.0 cm³/mol. The highest BCUT2D eigenvalue weighted by atomic mass is 17.2. The molecular formula is C4H8O4. The van der Waals surface area contributed by atoms with Gasteiger partial charge < -0.3 is 4.74 Å². The van der Waals surface area contributed by atoms with E-state index >= 15 is 0 Å². The molecule has 0 aliphatic rings. The molecule has 0 aliphatic carbocycles. The van der Waals surface area contributed by atoms with E-state index in [0.717, 1.165) is 0 Å². The molecule has 0 fully saturated rings. The maximum atomic E-state index is 10.2. The third-order valence-electron chi connectivity index (χ3n) is 0.438. The minimum atomic E-state index is -0.532. The zero-order chi connectivity index (χ0) is 6.41. The van der Waals surface area contributed by atoms with E-state index in [2.05, 4.69) is 14.5 Å². The summed E-state index contributed by atoms with van der Waals surface area (Å²) in [6, 6.07) is 0. The molecule has 0 saturated carbocycles. The van der Waals surface area contributed by atoms with E-state index in [1.165, 1.54) is 14.2 Å². The molecule has 8 heavy (non-hydrogen) atoms. The minimum Gasteiger partial charge on any atom is -0.373 e. The third-order valence-corrected chi connectivity index (χ3v) is 0.438. The number of ether oxygens (including phenoxy) is 1. The van der Waals surface area contributed by atoms with E-state index in [4.69, 9.17) is 0 Å². The normalized spacial score (nSPS) is 8.75. The lowest BCUT2D eigenvalue weighted by Crippen LogP contribution is -2.09. The summed E-state index contributed by atoms with van der Waals surface area (Å²) >= 11 is 0. The standard InChI is InChI=1S/C4H8O4/c1-6-3-4(5)8-7-2/h3H2,1-2H3. The fourth-order valence-corrected chi connectivity index (χ4v) is 0.235. The molecule has 4 heteroatoms. The summed E-state index contributed by atoms with van der Waals surface area (Å²) in [5.41, 5.74) is 0. The molecular weight excluding hydrogens is 112 g/mol. The summed E-state index contributed by atoms with van der Waals surface area (Å²) in [6.07, 6.45) is 0. The number of carbonyl (C=O) groups excluding carboxylic acids is 1. The fraction of sp³-hybridized carbons (Fsp3) is 0.750. The molecule has 48 valence electrons. The number of carbonyl (C=O) groups is 1. The van der Waals surface area contributed by atoms with Crippen molar-refractivity contribution in [1.82, 2.24) is 0 Å². The molecule has 0 radical (unpaired) electrons. The van der Waals surface area contributed by atoms with Crippen molar-refractivity contribution in [3.8, 4) is 0 Å².